The molecule has 0 aliphatic rings. The number of hydrogen-bond acceptors (Lipinski definition) is 5. The maximum absolute atomic E-state index is 12.8. The van der Waals surface area contributed by atoms with Crippen molar-refractivity contribution >= 4 is 38.9 Å². The maximum atomic E-state index is 12.8. The van der Waals surface area contributed by atoms with Crippen LogP contribution in [0.5, 0.6) is 5.75 Å². The molecule has 0 radical (unpaired) electrons. The van der Waals surface area contributed by atoms with Crippen LogP contribution in [0.2, 0.25) is 0 Å². The van der Waals surface area contributed by atoms with Gasteiger partial charge in [-0.05, 0) is 101 Å². The van der Waals surface area contributed by atoms with E-state index in [0.717, 1.165) is 16.9 Å². The number of rotatable bonds is 9. The van der Waals surface area contributed by atoms with Crippen molar-refractivity contribution in [3.8, 4) is 5.75 Å². The van der Waals surface area contributed by atoms with Gasteiger partial charge in [0.15, 0.2) is 5.11 Å². The van der Waals surface area contributed by atoms with Crippen molar-refractivity contribution in [3.63, 3.8) is 0 Å². The third kappa shape index (κ3) is 9.23. The lowest BCUT2D eigenvalue weighted by atomic mass is 9.87. The molecular formula is C26H37N3O4S2. The SMILES string of the molecule is Cc1ccc(C)c(OCCCC(C)(C)C(=O)NC(=S)Nc2ccc(S(=O)(=O)NC(C)(C)C)cc2)c1. The number of sulfonamides is 1. The van der Waals surface area contributed by atoms with Crippen LogP contribution in [0.1, 0.15) is 58.6 Å². The third-order valence-electron chi connectivity index (χ3n) is 5.25. The van der Waals surface area contributed by atoms with Gasteiger partial charge in [0.25, 0.3) is 0 Å². The van der Waals surface area contributed by atoms with Crippen LogP contribution in [0.3, 0.4) is 0 Å². The number of amides is 1. The second kappa shape index (κ2) is 11.5. The highest BCUT2D eigenvalue weighted by Gasteiger charge is 2.28. The van der Waals surface area contributed by atoms with Crippen LogP contribution in [0.4, 0.5) is 5.69 Å². The molecule has 0 aliphatic carbocycles. The lowest BCUT2D eigenvalue weighted by molar-refractivity contribution is -0.128. The van der Waals surface area contributed by atoms with E-state index in [1.54, 1.807) is 32.9 Å². The minimum Gasteiger partial charge on any atom is -0.493 e. The maximum Gasteiger partial charge on any atom is 0.241 e. The fourth-order valence-corrected chi connectivity index (χ4v) is 4.92. The van der Waals surface area contributed by atoms with E-state index in [9.17, 15) is 13.2 Å². The highest BCUT2D eigenvalue weighted by atomic mass is 32.2. The van der Waals surface area contributed by atoms with Crippen LogP contribution >= 0.6 is 12.2 Å². The first-order valence-corrected chi connectivity index (χ1v) is 13.4. The fraction of sp³-hybridized carbons (Fsp3) is 0.462. The Hall–Kier alpha value is -2.49. The van der Waals surface area contributed by atoms with Gasteiger partial charge in [-0.25, -0.2) is 13.1 Å². The van der Waals surface area contributed by atoms with Crippen molar-refractivity contribution in [2.75, 3.05) is 11.9 Å². The summed E-state index contributed by atoms with van der Waals surface area (Å²) in [4.78, 5) is 12.9. The summed E-state index contributed by atoms with van der Waals surface area (Å²) in [7, 11) is -3.63. The molecule has 0 aliphatic heterocycles. The van der Waals surface area contributed by atoms with Gasteiger partial charge >= 0.3 is 0 Å². The van der Waals surface area contributed by atoms with E-state index >= 15 is 0 Å². The number of benzene rings is 2. The number of anilines is 1. The molecule has 7 nitrogen and oxygen atoms in total. The van der Waals surface area contributed by atoms with Crippen molar-refractivity contribution in [3.05, 3.63) is 53.6 Å². The molecule has 1 amide bonds. The molecule has 3 N–H and O–H groups in total. The molecule has 0 heterocycles. The molecule has 0 fully saturated rings. The van der Waals surface area contributed by atoms with E-state index < -0.39 is 21.0 Å². The van der Waals surface area contributed by atoms with Crippen LogP contribution in [0.25, 0.3) is 0 Å². The van der Waals surface area contributed by atoms with E-state index in [0.29, 0.717) is 25.1 Å². The zero-order chi connectivity index (χ0) is 26.4. The number of carbonyl (C=O) groups is 1. The Labute approximate surface area is 215 Å². The Morgan fingerprint density at radius 3 is 2.23 bits per heavy atom. The van der Waals surface area contributed by atoms with Gasteiger partial charge in [0.05, 0.1) is 11.5 Å². The Balaban J connectivity index is 1.85. The van der Waals surface area contributed by atoms with E-state index in [-0.39, 0.29) is 15.9 Å². The van der Waals surface area contributed by atoms with Crippen LogP contribution < -0.4 is 20.1 Å². The molecule has 192 valence electrons. The topological polar surface area (TPSA) is 96.5 Å². The summed E-state index contributed by atoms with van der Waals surface area (Å²) in [5.74, 6) is 0.668. The smallest absolute Gasteiger partial charge is 0.241 e. The van der Waals surface area contributed by atoms with E-state index in [1.807, 2.05) is 45.9 Å². The Bertz CT molecular complexity index is 1150. The Kier molecular flexibility index (Phi) is 9.44. The van der Waals surface area contributed by atoms with Crippen molar-refractivity contribution in [1.29, 1.82) is 0 Å². The summed E-state index contributed by atoms with van der Waals surface area (Å²) in [5, 5.41) is 5.81. The predicted molar refractivity (Wildman–Crippen MR) is 145 cm³/mol. The first-order valence-electron chi connectivity index (χ1n) is 11.6. The van der Waals surface area contributed by atoms with Gasteiger partial charge in [-0.1, -0.05) is 26.0 Å². The van der Waals surface area contributed by atoms with Crippen molar-refractivity contribution in [2.45, 2.75) is 71.7 Å². The van der Waals surface area contributed by atoms with Crippen molar-refractivity contribution in [2.24, 2.45) is 5.41 Å². The Morgan fingerprint density at radius 2 is 1.63 bits per heavy atom. The number of hydrogen-bond donors (Lipinski definition) is 3. The van der Waals surface area contributed by atoms with E-state index in [4.69, 9.17) is 17.0 Å². The van der Waals surface area contributed by atoms with E-state index in [1.165, 1.54) is 12.1 Å². The largest absolute Gasteiger partial charge is 0.493 e. The normalized spacial score (nSPS) is 12.2. The molecule has 0 atom stereocenters. The molecule has 0 aromatic heterocycles. The molecule has 0 spiro atoms. The lowest BCUT2D eigenvalue weighted by Crippen LogP contribution is -2.42. The second-order valence-electron chi connectivity index (χ2n) is 10.4. The minimum atomic E-state index is -3.63. The number of thiocarbonyl (C=S) groups is 1. The quantitative estimate of drug-likeness (QED) is 0.316. The van der Waals surface area contributed by atoms with E-state index in [2.05, 4.69) is 15.4 Å². The molecule has 35 heavy (non-hydrogen) atoms. The first-order chi connectivity index (χ1) is 16.1. The number of aryl methyl sites for hydroxylation is 2. The molecule has 2 aromatic rings. The summed E-state index contributed by atoms with van der Waals surface area (Å²) < 4.78 is 33.4. The van der Waals surface area contributed by atoms with Crippen molar-refractivity contribution in [1.82, 2.24) is 10.0 Å². The Morgan fingerprint density at radius 1 is 1.00 bits per heavy atom. The minimum absolute atomic E-state index is 0.150. The van der Waals surface area contributed by atoms with Gasteiger partial charge in [-0.15, -0.1) is 0 Å². The van der Waals surface area contributed by atoms with Gasteiger partial charge in [0.2, 0.25) is 15.9 Å². The van der Waals surface area contributed by atoms with Gasteiger partial charge in [-0.3, -0.25) is 4.79 Å². The summed E-state index contributed by atoms with van der Waals surface area (Å²) in [6.45, 7) is 13.6. The summed E-state index contributed by atoms with van der Waals surface area (Å²) >= 11 is 5.29. The fourth-order valence-electron chi connectivity index (χ4n) is 3.29. The molecule has 2 aromatic carbocycles. The lowest BCUT2D eigenvalue weighted by Gasteiger charge is -2.24. The third-order valence-corrected chi connectivity index (χ3v) is 7.23. The standard InChI is InChI=1S/C26H37N3O4S2/c1-18-9-10-19(2)22(17-18)33-16-8-15-26(6,7)23(30)28-24(34)27-20-11-13-21(14-12-20)35(31,32)29-25(3,4)5/h9-14,17,29H,8,15-16H2,1-7H3,(H2,27,28,30,34). The van der Waals surface area contributed by atoms with Crippen LogP contribution in [-0.4, -0.2) is 31.6 Å². The summed E-state index contributed by atoms with van der Waals surface area (Å²) in [6.07, 6.45) is 1.34. The zero-order valence-electron chi connectivity index (χ0n) is 21.6. The molecule has 0 saturated carbocycles. The molecule has 9 heteroatoms. The molecule has 0 bridgehead atoms. The van der Waals surface area contributed by atoms with Gasteiger partial charge in [0, 0.05) is 16.6 Å². The highest BCUT2D eigenvalue weighted by Crippen LogP contribution is 2.24. The second-order valence-corrected chi connectivity index (χ2v) is 12.5. The zero-order valence-corrected chi connectivity index (χ0v) is 23.2. The number of carbonyl (C=O) groups excluding carboxylic acids is 1. The average molecular weight is 520 g/mol. The number of nitrogens with one attached hydrogen (secondary N) is 3. The highest BCUT2D eigenvalue weighted by molar-refractivity contribution is 7.89. The van der Waals surface area contributed by atoms with Crippen LogP contribution in [0.15, 0.2) is 47.4 Å². The summed E-state index contributed by atoms with van der Waals surface area (Å²) in [5.41, 5.74) is 1.57. The molecule has 0 saturated heterocycles. The van der Waals surface area contributed by atoms with Gasteiger partial charge in [0.1, 0.15) is 5.75 Å². The monoisotopic (exact) mass is 519 g/mol. The van der Waals surface area contributed by atoms with Crippen LogP contribution in [-0.2, 0) is 14.8 Å². The summed E-state index contributed by atoms with van der Waals surface area (Å²) in [6, 6.07) is 12.3. The average Bonchev–Trinajstić information content (AvgIpc) is 2.72. The van der Waals surface area contributed by atoms with Crippen LogP contribution in [0, 0.1) is 19.3 Å². The first kappa shape index (κ1) is 28.7. The van der Waals surface area contributed by atoms with Gasteiger partial charge in [-0.2, -0.15) is 0 Å². The molecular weight excluding hydrogens is 482 g/mol. The predicted octanol–water partition coefficient (Wildman–Crippen LogP) is 5.08. The van der Waals surface area contributed by atoms with Crippen molar-refractivity contribution < 1.29 is 17.9 Å². The number of ether oxygens (including phenoxy) is 1. The van der Waals surface area contributed by atoms with Gasteiger partial charge < -0.3 is 15.4 Å². The molecule has 0 unspecified atom stereocenters. The molecule has 2 rings (SSSR count).